The number of hydrogen-bond acceptors (Lipinski definition) is 3. The van der Waals surface area contributed by atoms with E-state index < -0.39 is 6.10 Å². The molecule has 0 fully saturated rings. The third-order valence-electron chi connectivity index (χ3n) is 2.20. The molecule has 82 valence electrons. The summed E-state index contributed by atoms with van der Waals surface area (Å²) >= 11 is 0. The Morgan fingerprint density at radius 3 is 2.47 bits per heavy atom. The summed E-state index contributed by atoms with van der Waals surface area (Å²) in [6.07, 6.45) is -0.727. The number of rotatable bonds is 4. The molecular formula is C12H16O3. The summed E-state index contributed by atoms with van der Waals surface area (Å²) in [5, 5.41) is 9.89. The lowest BCUT2D eigenvalue weighted by Gasteiger charge is -2.15. The van der Waals surface area contributed by atoms with Crippen LogP contribution in [-0.4, -0.2) is 19.3 Å². The van der Waals surface area contributed by atoms with Crippen LogP contribution in [0.3, 0.4) is 0 Å². The Bertz CT molecular complexity index is 358. The Balaban J connectivity index is 3.16. The average Bonchev–Trinajstić information content (AvgIpc) is 2.27. The fourth-order valence-corrected chi connectivity index (χ4v) is 1.32. The van der Waals surface area contributed by atoms with Crippen LogP contribution in [0.15, 0.2) is 30.4 Å². The van der Waals surface area contributed by atoms with E-state index in [1.165, 1.54) is 0 Å². The molecule has 1 aromatic rings. The van der Waals surface area contributed by atoms with Crippen molar-refractivity contribution in [2.45, 2.75) is 13.0 Å². The maximum absolute atomic E-state index is 9.89. The first-order chi connectivity index (χ1) is 7.10. The predicted octanol–water partition coefficient (Wildman–Crippen LogP) is 2.31. The SMILES string of the molecule is C=C(C)C(O)c1cc(OC)ccc1OC. The van der Waals surface area contributed by atoms with E-state index in [1.807, 2.05) is 0 Å². The zero-order valence-electron chi connectivity index (χ0n) is 9.28. The van der Waals surface area contributed by atoms with E-state index in [1.54, 1.807) is 39.3 Å². The smallest absolute Gasteiger partial charge is 0.125 e. The van der Waals surface area contributed by atoms with Crippen molar-refractivity contribution >= 4 is 0 Å². The molecule has 0 heterocycles. The number of hydrogen-bond donors (Lipinski definition) is 1. The van der Waals surface area contributed by atoms with Gasteiger partial charge in [-0.3, -0.25) is 0 Å². The van der Waals surface area contributed by atoms with Crippen LogP contribution in [0.25, 0.3) is 0 Å². The van der Waals surface area contributed by atoms with E-state index in [9.17, 15) is 5.11 Å². The molecule has 0 radical (unpaired) electrons. The van der Waals surface area contributed by atoms with Gasteiger partial charge in [-0.15, -0.1) is 0 Å². The monoisotopic (exact) mass is 208 g/mol. The molecular weight excluding hydrogens is 192 g/mol. The lowest BCUT2D eigenvalue weighted by molar-refractivity contribution is 0.210. The molecule has 0 saturated heterocycles. The minimum Gasteiger partial charge on any atom is -0.497 e. The van der Waals surface area contributed by atoms with Crippen molar-refractivity contribution in [3.8, 4) is 11.5 Å². The minimum atomic E-state index is -0.727. The summed E-state index contributed by atoms with van der Waals surface area (Å²) in [5.74, 6) is 1.32. The summed E-state index contributed by atoms with van der Waals surface area (Å²) in [4.78, 5) is 0. The minimum absolute atomic E-state index is 0.631. The highest BCUT2D eigenvalue weighted by molar-refractivity contribution is 5.43. The second-order valence-corrected chi connectivity index (χ2v) is 3.36. The average molecular weight is 208 g/mol. The predicted molar refractivity (Wildman–Crippen MR) is 59.3 cm³/mol. The number of aliphatic hydroxyl groups excluding tert-OH is 1. The second kappa shape index (κ2) is 4.84. The molecule has 0 bridgehead atoms. The van der Waals surface area contributed by atoms with Gasteiger partial charge in [0.1, 0.15) is 17.6 Å². The third kappa shape index (κ3) is 2.50. The highest BCUT2D eigenvalue weighted by Gasteiger charge is 2.14. The van der Waals surface area contributed by atoms with E-state index in [-0.39, 0.29) is 0 Å². The summed E-state index contributed by atoms with van der Waals surface area (Å²) < 4.78 is 10.2. The summed E-state index contributed by atoms with van der Waals surface area (Å²) in [6, 6.07) is 5.30. The highest BCUT2D eigenvalue weighted by atomic mass is 16.5. The largest absolute Gasteiger partial charge is 0.497 e. The molecule has 0 spiro atoms. The lowest BCUT2D eigenvalue weighted by atomic mass is 10.0. The van der Waals surface area contributed by atoms with Crippen LogP contribution in [-0.2, 0) is 0 Å². The van der Waals surface area contributed by atoms with Crippen LogP contribution in [0.5, 0.6) is 11.5 Å². The van der Waals surface area contributed by atoms with Gasteiger partial charge in [0.15, 0.2) is 0 Å². The van der Waals surface area contributed by atoms with Gasteiger partial charge in [-0.2, -0.15) is 0 Å². The highest BCUT2D eigenvalue weighted by Crippen LogP contribution is 2.32. The number of benzene rings is 1. The van der Waals surface area contributed by atoms with Gasteiger partial charge < -0.3 is 14.6 Å². The van der Waals surface area contributed by atoms with Crippen LogP contribution in [0.2, 0.25) is 0 Å². The van der Waals surface area contributed by atoms with Crippen LogP contribution >= 0.6 is 0 Å². The maximum atomic E-state index is 9.89. The van der Waals surface area contributed by atoms with Gasteiger partial charge in [-0.05, 0) is 30.7 Å². The Morgan fingerprint density at radius 2 is 2.00 bits per heavy atom. The standard InChI is InChI=1S/C12H16O3/c1-8(2)12(13)10-7-9(14-3)5-6-11(10)15-4/h5-7,12-13H,1H2,2-4H3. The fourth-order valence-electron chi connectivity index (χ4n) is 1.32. The van der Waals surface area contributed by atoms with Crippen molar-refractivity contribution in [1.82, 2.24) is 0 Å². The summed E-state index contributed by atoms with van der Waals surface area (Å²) in [6.45, 7) is 5.48. The van der Waals surface area contributed by atoms with Crippen molar-refractivity contribution < 1.29 is 14.6 Å². The topological polar surface area (TPSA) is 38.7 Å². The molecule has 15 heavy (non-hydrogen) atoms. The van der Waals surface area contributed by atoms with Crippen molar-refractivity contribution in [3.63, 3.8) is 0 Å². The van der Waals surface area contributed by atoms with Gasteiger partial charge in [0, 0.05) is 5.56 Å². The normalized spacial score (nSPS) is 12.0. The number of ether oxygens (including phenoxy) is 2. The zero-order chi connectivity index (χ0) is 11.4. The second-order valence-electron chi connectivity index (χ2n) is 3.36. The summed E-state index contributed by atoms with van der Waals surface area (Å²) in [7, 11) is 3.15. The van der Waals surface area contributed by atoms with Gasteiger partial charge in [0.05, 0.1) is 14.2 Å². The molecule has 1 atom stereocenters. The van der Waals surface area contributed by atoms with E-state index in [0.29, 0.717) is 22.6 Å². The van der Waals surface area contributed by atoms with Crippen molar-refractivity contribution in [1.29, 1.82) is 0 Å². The number of aliphatic hydroxyl groups is 1. The molecule has 0 aromatic heterocycles. The fraction of sp³-hybridized carbons (Fsp3) is 0.333. The van der Waals surface area contributed by atoms with Gasteiger partial charge >= 0.3 is 0 Å². The van der Waals surface area contributed by atoms with Crippen LogP contribution in [0, 0.1) is 0 Å². The molecule has 1 rings (SSSR count). The Kier molecular flexibility index (Phi) is 3.74. The quantitative estimate of drug-likeness (QED) is 0.772. The van der Waals surface area contributed by atoms with Gasteiger partial charge in [-0.1, -0.05) is 6.58 Å². The molecule has 0 aliphatic carbocycles. The Hall–Kier alpha value is -1.48. The molecule has 0 aliphatic rings. The van der Waals surface area contributed by atoms with Crippen LogP contribution in [0.1, 0.15) is 18.6 Å². The first-order valence-corrected chi connectivity index (χ1v) is 4.65. The van der Waals surface area contributed by atoms with E-state index in [4.69, 9.17) is 9.47 Å². The van der Waals surface area contributed by atoms with E-state index in [2.05, 4.69) is 6.58 Å². The zero-order valence-corrected chi connectivity index (χ0v) is 9.28. The maximum Gasteiger partial charge on any atom is 0.125 e. The molecule has 1 N–H and O–H groups in total. The molecule has 0 aliphatic heterocycles. The van der Waals surface area contributed by atoms with Crippen molar-refractivity contribution in [2.75, 3.05) is 14.2 Å². The van der Waals surface area contributed by atoms with E-state index in [0.717, 1.165) is 0 Å². The molecule has 1 unspecified atom stereocenters. The molecule has 1 aromatic carbocycles. The Labute approximate surface area is 90.0 Å². The van der Waals surface area contributed by atoms with E-state index >= 15 is 0 Å². The Morgan fingerprint density at radius 1 is 1.33 bits per heavy atom. The van der Waals surface area contributed by atoms with Gasteiger partial charge in [-0.25, -0.2) is 0 Å². The van der Waals surface area contributed by atoms with Crippen molar-refractivity contribution in [3.05, 3.63) is 35.9 Å². The first-order valence-electron chi connectivity index (χ1n) is 4.65. The molecule has 0 saturated carbocycles. The molecule has 3 nitrogen and oxygen atoms in total. The lowest BCUT2D eigenvalue weighted by Crippen LogP contribution is -2.01. The van der Waals surface area contributed by atoms with Crippen molar-refractivity contribution in [2.24, 2.45) is 0 Å². The van der Waals surface area contributed by atoms with Crippen LogP contribution < -0.4 is 9.47 Å². The molecule has 3 heteroatoms. The number of methoxy groups -OCH3 is 2. The van der Waals surface area contributed by atoms with Gasteiger partial charge in [0.25, 0.3) is 0 Å². The summed E-state index contributed by atoms with van der Waals surface area (Å²) in [5.41, 5.74) is 1.34. The molecule has 0 amide bonds. The van der Waals surface area contributed by atoms with Gasteiger partial charge in [0.2, 0.25) is 0 Å². The van der Waals surface area contributed by atoms with Crippen LogP contribution in [0.4, 0.5) is 0 Å². The first kappa shape index (κ1) is 11.6. The third-order valence-corrected chi connectivity index (χ3v) is 2.20.